The predicted octanol–water partition coefficient (Wildman–Crippen LogP) is 8.27. The maximum Gasteiger partial charge on any atom is 0.150 e. The van der Waals surface area contributed by atoms with Gasteiger partial charge >= 0.3 is 0 Å². The van der Waals surface area contributed by atoms with Crippen LogP contribution in [0.25, 0.3) is 0 Å². The molecule has 0 unspecified atom stereocenters. The quantitative estimate of drug-likeness (QED) is 0.0483. The molecule has 0 N–H and O–H groups in total. The largest absolute Gasteiger partial charge is 0.491 e. The second-order valence-electron chi connectivity index (χ2n) is 12.7. The van der Waals surface area contributed by atoms with Crippen molar-refractivity contribution in [1.82, 2.24) is 0 Å². The molecule has 0 amide bonds. The summed E-state index contributed by atoms with van der Waals surface area (Å²) in [6, 6.07) is 6.96. The van der Waals surface area contributed by atoms with E-state index in [-0.39, 0.29) is 0 Å². The van der Waals surface area contributed by atoms with E-state index in [9.17, 15) is 4.79 Å². The Bertz CT molecular complexity index is 810. The van der Waals surface area contributed by atoms with Gasteiger partial charge in [-0.2, -0.15) is 0 Å². The molecular formula is C41H74O10. The minimum atomic E-state index is 0.438. The Labute approximate surface area is 310 Å². The third kappa shape index (κ3) is 36.5. The Morgan fingerprint density at radius 3 is 0.941 bits per heavy atom. The number of unbranched alkanes of at least 4 members (excludes halogenated alkanes) is 15. The third-order valence-corrected chi connectivity index (χ3v) is 8.26. The van der Waals surface area contributed by atoms with Crippen molar-refractivity contribution in [2.45, 2.75) is 110 Å². The number of ether oxygens (including phenoxy) is 9. The number of carbonyl (C=O) groups excluding carboxylic acids is 1. The molecule has 0 fully saturated rings. The van der Waals surface area contributed by atoms with Gasteiger partial charge in [0, 0.05) is 12.2 Å². The monoisotopic (exact) mass is 727 g/mol. The first-order chi connectivity index (χ1) is 25.4. The molecular weight excluding hydrogens is 652 g/mol. The van der Waals surface area contributed by atoms with Crippen molar-refractivity contribution in [3.05, 3.63) is 29.8 Å². The average Bonchev–Trinajstić information content (AvgIpc) is 3.15. The van der Waals surface area contributed by atoms with Crippen LogP contribution in [0.5, 0.6) is 5.75 Å². The summed E-state index contributed by atoms with van der Waals surface area (Å²) < 4.78 is 49.8. The number of rotatable bonds is 43. The van der Waals surface area contributed by atoms with Gasteiger partial charge in [-0.15, -0.1) is 0 Å². The van der Waals surface area contributed by atoms with Crippen molar-refractivity contribution in [3.63, 3.8) is 0 Å². The molecule has 10 nitrogen and oxygen atoms in total. The smallest absolute Gasteiger partial charge is 0.150 e. The van der Waals surface area contributed by atoms with Crippen LogP contribution < -0.4 is 4.74 Å². The van der Waals surface area contributed by atoms with Crippen LogP contribution in [0.1, 0.15) is 120 Å². The molecule has 0 bridgehead atoms. The Morgan fingerprint density at radius 2 is 0.627 bits per heavy atom. The summed E-state index contributed by atoms with van der Waals surface area (Å²) in [5, 5.41) is 0. The van der Waals surface area contributed by atoms with Crippen LogP contribution >= 0.6 is 0 Å². The summed E-state index contributed by atoms with van der Waals surface area (Å²) in [6.45, 7) is 11.6. The van der Waals surface area contributed by atoms with E-state index in [4.69, 9.17) is 42.6 Å². The molecule has 0 aliphatic carbocycles. The van der Waals surface area contributed by atoms with Crippen LogP contribution in [0.3, 0.4) is 0 Å². The Balaban J connectivity index is 1.62. The van der Waals surface area contributed by atoms with Crippen molar-refractivity contribution in [2.24, 2.45) is 0 Å². The highest BCUT2D eigenvalue weighted by Crippen LogP contribution is 2.14. The second-order valence-corrected chi connectivity index (χ2v) is 12.7. The molecule has 0 spiro atoms. The van der Waals surface area contributed by atoms with Gasteiger partial charge in [0.05, 0.1) is 99.1 Å². The molecule has 0 radical (unpaired) electrons. The molecule has 0 atom stereocenters. The number of aldehydes is 1. The summed E-state index contributed by atoms with van der Waals surface area (Å²) in [5.41, 5.74) is 0.624. The first kappa shape index (κ1) is 47.4. The molecule has 0 heterocycles. The molecule has 1 aromatic carbocycles. The maximum atomic E-state index is 10.7. The minimum absolute atomic E-state index is 0.438. The van der Waals surface area contributed by atoms with Gasteiger partial charge in [-0.25, -0.2) is 0 Å². The summed E-state index contributed by atoms with van der Waals surface area (Å²) in [5.74, 6) is 0.711. The van der Waals surface area contributed by atoms with Crippen LogP contribution in [0.15, 0.2) is 24.3 Å². The van der Waals surface area contributed by atoms with Crippen LogP contribution in [-0.4, -0.2) is 119 Å². The van der Waals surface area contributed by atoms with E-state index >= 15 is 0 Å². The molecule has 51 heavy (non-hydrogen) atoms. The van der Waals surface area contributed by atoms with E-state index in [2.05, 4.69) is 6.92 Å². The van der Waals surface area contributed by atoms with Gasteiger partial charge in [0.1, 0.15) is 18.6 Å². The predicted molar refractivity (Wildman–Crippen MR) is 203 cm³/mol. The zero-order valence-electron chi connectivity index (χ0n) is 32.3. The van der Waals surface area contributed by atoms with Crippen LogP contribution in [0.4, 0.5) is 0 Å². The first-order valence-electron chi connectivity index (χ1n) is 20.2. The molecule has 0 aliphatic rings. The lowest BCUT2D eigenvalue weighted by molar-refractivity contribution is -0.0236. The van der Waals surface area contributed by atoms with Gasteiger partial charge < -0.3 is 42.6 Å². The average molecular weight is 727 g/mol. The standard InChI is InChI=1S/C41H74O10/c1-2-3-4-5-6-7-8-9-10-11-12-13-14-15-16-17-22-43-23-24-44-25-26-45-27-28-46-29-30-47-31-32-48-33-34-49-35-36-50-37-38-51-41-20-18-40(39-42)19-21-41/h18-21,39H,2-17,22-38H2,1H3. The molecule has 0 aromatic heterocycles. The minimum Gasteiger partial charge on any atom is -0.491 e. The molecule has 298 valence electrons. The molecule has 0 aliphatic heterocycles. The molecule has 1 rings (SSSR count). The van der Waals surface area contributed by atoms with Gasteiger partial charge in [-0.05, 0) is 30.7 Å². The highest BCUT2D eigenvalue weighted by atomic mass is 16.6. The van der Waals surface area contributed by atoms with Gasteiger partial charge in [0.15, 0.2) is 0 Å². The van der Waals surface area contributed by atoms with Crippen molar-refractivity contribution in [1.29, 1.82) is 0 Å². The topological polar surface area (TPSA) is 100 Å². The first-order valence-corrected chi connectivity index (χ1v) is 20.2. The van der Waals surface area contributed by atoms with Crippen LogP contribution in [-0.2, 0) is 37.9 Å². The zero-order valence-corrected chi connectivity index (χ0v) is 32.3. The number of carbonyl (C=O) groups is 1. The third-order valence-electron chi connectivity index (χ3n) is 8.26. The lowest BCUT2D eigenvalue weighted by Gasteiger charge is -2.09. The number of benzene rings is 1. The zero-order chi connectivity index (χ0) is 36.4. The van der Waals surface area contributed by atoms with Crippen molar-refractivity contribution >= 4 is 6.29 Å². The summed E-state index contributed by atoms with van der Waals surface area (Å²) in [7, 11) is 0. The Morgan fingerprint density at radius 1 is 0.353 bits per heavy atom. The van der Waals surface area contributed by atoms with E-state index in [0.29, 0.717) is 117 Å². The van der Waals surface area contributed by atoms with E-state index in [1.165, 1.54) is 96.3 Å². The van der Waals surface area contributed by atoms with Crippen molar-refractivity contribution < 1.29 is 47.4 Å². The van der Waals surface area contributed by atoms with Gasteiger partial charge in [0.2, 0.25) is 0 Å². The molecule has 0 saturated carbocycles. The fraction of sp³-hybridized carbons (Fsp3) is 0.829. The second kappa shape index (κ2) is 41.1. The van der Waals surface area contributed by atoms with Gasteiger partial charge in [-0.3, -0.25) is 4.79 Å². The molecule has 0 saturated heterocycles. The van der Waals surface area contributed by atoms with Crippen LogP contribution in [0, 0.1) is 0 Å². The lowest BCUT2D eigenvalue weighted by atomic mass is 10.0. The van der Waals surface area contributed by atoms with Gasteiger partial charge in [0.25, 0.3) is 0 Å². The Kier molecular flexibility index (Phi) is 38.2. The van der Waals surface area contributed by atoms with E-state index in [1.54, 1.807) is 24.3 Å². The summed E-state index contributed by atoms with van der Waals surface area (Å²) in [4.78, 5) is 10.7. The SMILES string of the molecule is CCCCCCCCCCCCCCCCCCOCCOCCOCCOCCOCCOCCOCCOCCOc1ccc(C=O)cc1. The number of hydrogen-bond donors (Lipinski definition) is 0. The summed E-state index contributed by atoms with van der Waals surface area (Å²) in [6.07, 6.45) is 23.0. The Hall–Kier alpha value is -1.63. The molecule has 10 heteroatoms. The normalized spacial score (nSPS) is 11.4. The van der Waals surface area contributed by atoms with Crippen molar-refractivity contribution in [2.75, 3.05) is 112 Å². The highest BCUT2D eigenvalue weighted by molar-refractivity contribution is 5.74. The fourth-order valence-corrected chi connectivity index (χ4v) is 5.25. The fourth-order valence-electron chi connectivity index (χ4n) is 5.25. The van der Waals surface area contributed by atoms with E-state index < -0.39 is 0 Å². The van der Waals surface area contributed by atoms with Crippen molar-refractivity contribution in [3.8, 4) is 5.75 Å². The number of hydrogen-bond acceptors (Lipinski definition) is 10. The van der Waals surface area contributed by atoms with E-state index in [1.807, 2.05) is 0 Å². The van der Waals surface area contributed by atoms with Crippen LogP contribution in [0.2, 0.25) is 0 Å². The lowest BCUT2D eigenvalue weighted by Crippen LogP contribution is -2.15. The van der Waals surface area contributed by atoms with Gasteiger partial charge in [-0.1, -0.05) is 103 Å². The maximum absolute atomic E-state index is 10.7. The summed E-state index contributed by atoms with van der Waals surface area (Å²) >= 11 is 0. The highest BCUT2D eigenvalue weighted by Gasteiger charge is 1.98. The molecule has 1 aromatic rings. The van der Waals surface area contributed by atoms with E-state index in [0.717, 1.165) is 19.3 Å².